The van der Waals surface area contributed by atoms with Crippen molar-refractivity contribution < 1.29 is 4.42 Å². The quantitative estimate of drug-likeness (QED) is 0.506. The summed E-state index contributed by atoms with van der Waals surface area (Å²) in [6.45, 7) is 11.9. The Labute approximate surface area is 157 Å². The van der Waals surface area contributed by atoms with Gasteiger partial charge in [0.2, 0.25) is 0 Å². The highest BCUT2D eigenvalue weighted by Gasteiger charge is 2.03. The van der Waals surface area contributed by atoms with Crippen molar-refractivity contribution in [3.63, 3.8) is 0 Å². The molecule has 26 heavy (non-hydrogen) atoms. The molecule has 0 atom stereocenters. The third-order valence-electron chi connectivity index (χ3n) is 4.30. The molecule has 0 aliphatic carbocycles. The number of rotatable bonds is 10. The van der Waals surface area contributed by atoms with Crippen LogP contribution in [-0.2, 0) is 19.5 Å². The summed E-state index contributed by atoms with van der Waals surface area (Å²) in [6, 6.07) is 12.6. The molecule has 0 aliphatic heterocycles. The highest BCUT2D eigenvalue weighted by molar-refractivity contribution is 5.79. The minimum Gasteiger partial charge on any atom is -0.469 e. The number of furan rings is 1. The molecule has 5 nitrogen and oxygen atoms in total. The summed E-state index contributed by atoms with van der Waals surface area (Å²) < 4.78 is 5.36. The van der Waals surface area contributed by atoms with Crippen LogP contribution < -0.4 is 10.6 Å². The molecule has 0 saturated carbocycles. The first-order chi connectivity index (χ1) is 12.7. The number of aliphatic imine (C=N–C) groups is 1. The van der Waals surface area contributed by atoms with Gasteiger partial charge >= 0.3 is 0 Å². The molecule has 0 saturated heterocycles. The molecule has 0 unspecified atom stereocenters. The maximum Gasteiger partial charge on any atom is 0.191 e. The molecule has 1 aromatic heterocycles. The summed E-state index contributed by atoms with van der Waals surface area (Å²) in [4.78, 5) is 7.13. The summed E-state index contributed by atoms with van der Waals surface area (Å²) in [5.41, 5.74) is 2.58. The molecule has 0 radical (unpaired) electrons. The van der Waals surface area contributed by atoms with Gasteiger partial charge < -0.3 is 15.1 Å². The molecule has 0 amide bonds. The van der Waals surface area contributed by atoms with Crippen LogP contribution in [0.2, 0.25) is 0 Å². The molecule has 2 rings (SSSR count). The minimum atomic E-state index is 0.669. The van der Waals surface area contributed by atoms with E-state index in [9.17, 15) is 0 Å². The monoisotopic (exact) mass is 356 g/mol. The van der Waals surface area contributed by atoms with Gasteiger partial charge in [-0.25, -0.2) is 4.99 Å². The van der Waals surface area contributed by atoms with E-state index in [0.717, 1.165) is 50.9 Å². The molecule has 0 fully saturated rings. The molecular formula is C21H32N4O. The average Bonchev–Trinajstić information content (AvgIpc) is 3.18. The fourth-order valence-electron chi connectivity index (χ4n) is 2.80. The lowest BCUT2D eigenvalue weighted by atomic mass is 10.1. The van der Waals surface area contributed by atoms with E-state index >= 15 is 0 Å². The van der Waals surface area contributed by atoms with E-state index in [1.54, 1.807) is 6.26 Å². The predicted molar refractivity (Wildman–Crippen MR) is 108 cm³/mol. The van der Waals surface area contributed by atoms with Crippen molar-refractivity contribution in [3.8, 4) is 0 Å². The maximum atomic E-state index is 5.36. The molecule has 142 valence electrons. The van der Waals surface area contributed by atoms with Gasteiger partial charge in [0.05, 0.1) is 12.8 Å². The van der Waals surface area contributed by atoms with Gasteiger partial charge in [-0.05, 0) is 43.3 Å². The van der Waals surface area contributed by atoms with Gasteiger partial charge in [0, 0.05) is 26.1 Å². The van der Waals surface area contributed by atoms with Gasteiger partial charge in [0.15, 0.2) is 5.96 Å². The highest BCUT2D eigenvalue weighted by atomic mass is 16.3. The summed E-state index contributed by atoms with van der Waals surface area (Å²) in [7, 11) is 0. The van der Waals surface area contributed by atoms with Gasteiger partial charge in [-0.2, -0.15) is 0 Å². The topological polar surface area (TPSA) is 52.8 Å². The normalized spacial score (nSPS) is 11.8. The Kier molecular flexibility index (Phi) is 8.76. The fourth-order valence-corrected chi connectivity index (χ4v) is 2.80. The van der Waals surface area contributed by atoms with Crippen LogP contribution in [-0.4, -0.2) is 37.0 Å². The molecule has 5 heteroatoms. The summed E-state index contributed by atoms with van der Waals surface area (Å²) in [6.07, 6.45) is 2.55. The Bertz CT molecular complexity index is 648. The highest BCUT2D eigenvalue weighted by Crippen LogP contribution is 2.09. The second-order valence-electron chi connectivity index (χ2n) is 6.23. The van der Waals surface area contributed by atoms with Gasteiger partial charge in [-0.15, -0.1) is 0 Å². The van der Waals surface area contributed by atoms with Crippen LogP contribution in [0.3, 0.4) is 0 Å². The average molecular weight is 357 g/mol. The van der Waals surface area contributed by atoms with E-state index in [1.807, 2.05) is 12.1 Å². The first kappa shape index (κ1) is 20.0. The van der Waals surface area contributed by atoms with Crippen LogP contribution >= 0.6 is 0 Å². The number of hydrogen-bond donors (Lipinski definition) is 2. The zero-order valence-electron chi connectivity index (χ0n) is 16.3. The number of hydrogen-bond acceptors (Lipinski definition) is 3. The molecule has 1 heterocycles. The maximum absolute atomic E-state index is 5.36. The molecule has 1 aromatic carbocycles. The van der Waals surface area contributed by atoms with Crippen LogP contribution in [0.25, 0.3) is 0 Å². The first-order valence-electron chi connectivity index (χ1n) is 9.59. The predicted octanol–water partition coefficient (Wildman–Crippen LogP) is 3.42. The zero-order valence-corrected chi connectivity index (χ0v) is 16.3. The standard InChI is InChI=1S/C21H32N4O/c1-4-22-21(23-13-12-20-11-8-14-26-20)24-16-18-9-7-10-19(15-18)17-25(5-2)6-3/h7-11,14-15H,4-6,12-13,16-17H2,1-3H3,(H2,22,23,24). The van der Waals surface area contributed by atoms with Gasteiger partial charge in [-0.3, -0.25) is 4.90 Å². The second kappa shape index (κ2) is 11.4. The number of nitrogens with one attached hydrogen (secondary N) is 2. The Morgan fingerprint density at radius 1 is 1.04 bits per heavy atom. The van der Waals surface area contributed by atoms with Crippen molar-refractivity contribution in [3.05, 3.63) is 59.5 Å². The van der Waals surface area contributed by atoms with Crippen LogP contribution in [0.1, 0.15) is 37.7 Å². The van der Waals surface area contributed by atoms with E-state index < -0.39 is 0 Å². The lowest BCUT2D eigenvalue weighted by Gasteiger charge is -2.18. The number of nitrogens with zero attached hydrogens (tertiary/aromatic N) is 2. The Hall–Kier alpha value is -2.27. The van der Waals surface area contributed by atoms with Crippen molar-refractivity contribution >= 4 is 5.96 Å². The van der Waals surface area contributed by atoms with Crippen molar-refractivity contribution in [2.45, 2.75) is 40.3 Å². The van der Waals surface area contributed by atoms with Crippen molar-refractivity contribution in [2.24, 2.45) is 4.99 Å². The lowest BCUT2D eigenvalue weighted by molar-refractivity contribution is 0.296. The smallest absolute Gasteiger partial charge is 0.191 e. The van der Waals surface area contributed by atoms with Crippen LogP contribution in [0.15, 0.2) is 52.1 Å². The first-order valence-corrected chi connectivity index (χ1v) is 9.59. The van der Waals surface area contributed by atoms with E-state index in [4.69, 9.17) is 9.41 Å². The van der Waals surface area contributed by atoms with E-state index in [0.29, 0.717) is 6.54 Å². The van der Waals surface area contributed by atoms with Crippen LogP contribution in [0.4, 0.5) is 0 Å². The van der Waals surface area contributed by atoms with Gasteiger partial charge in [0.1, 0.15) is 5.76 Å². The summed E-state index contributed by atoms with van der Waals surface area (Å²) in [5.74, 6) is 1.82. The molecule has 2 aromatic rings. The lowest BCUT2D eigenvalue weighted by Crippen LogP contribution is -2.38. The molecule has 2 N–H and O–H groups in total. The SMILES string of the molecule is CCNC(=NCc1cccc(CN(CC)CC)c1)NCCc1ccco1. The summed E-state index contributed by atoms with van der Waals surface area (Å²) in [5, 5.41) is 6.66. The third kappa shape index (κ3) is 6.92. The number of benzene rings is 1. The van der Waals surface area contributed by atoms with E-state index in [1.165, 1.54) is 11.1 Å². The Morgan fingerprint density at radius 2 is 1.85 bits per heavy atom. The van der Waals surface area contributed by atoms with Crippen molar-refractivity contribution in [2.75, 3.05) is 26.2 Å². The van der Waals surface area contributed by atoms with E-state index in [-0.39, 0.29) is 0 Å². The van der Waals surface area contributed by atoms with Crippen molar-refractivity contribution in [1.29, 1.82) is 0 Å². The van der Waals surface area contributed by atoms with E-state index in [2.05, 4.69) is 60.6 Å². The second-order valence-corrected chi connectivity index (χ2v) is 6.23. The van der Waals surface area contributed by atoms with Crippen LogP contribution in [0.5, 0.6) is 0 Å². The van der Waals surface area contributed by atoms with Gasteiger partial charge in [0.25, 0.3) is 0 Å². The minimum absolute atomic E-state index is 0.669. The van der Waals surface area contributed by atoms with Crippen molar-refractivity contribution in [1.82, 2.24) is 15.5 Å². The fraction of sp³-hybridized carbons (Fsp3) is 0.476. The third-order valence-corrected chi connectivity index (χ3v) is 4.30. The largest absolute Gasteiger partial charge is 0.469 e. The van der Waals surface area contributed by atoms with Crippen LogP contribution in [0, 0.1) is 0 Å². The molecular weight excluding hydrogens is 324 g/mol. The Morgan fingerprint density at radius 3 is 2.54 bits per heavy atom. The van der Waals surface area contributed by atoms with Gasteiger partial charge in [-0.1, -0.05) is 38.1 Å². The zero-order chi connectivity index (χ0) is 18.6. The molecule has 0 bridgehead atoms. The molecule has 0 aliphatic rings. The Balaban J connectivity index is 1.90. The summed E-state index contributed by atoms with van der Waals surface area (Å²) >= 11 is 0. The number of guanidine groups is 1. The molecule has 0 spiro atoms.